The summed E-state index contributed by atoms with van der Waals surface area (Å²) >= 11 is 0. The molecule has 5 heterocycles. The van der Waals surface area contributed by atoms with Gasteiger partial charge in [-0.05, 0) is 30.7 Å². The summed E-state index contributed by atoms with van der Waals surface area (Å²) in [6.07, 6.45) is 8.95. The standard InChI is InChI=1S/C24H22N8O2/c1-15-5-6-16(12-19(15)26-24(33)20-13-25-21-4-2-3-11-31(20)21)23-27-22(34-29-23)10-8-17-7-9-18-14-32(18)30-28-17/h2-6,11-14,18,30H,7-10H2,1H3/p+1. The highest BCUT2D eigenvalue weighted by Crippen LogP contribution is 2.25. The average Bonchev–Trinajstić information content (AvgIpc) is 3.26. The summed E-state index contributed by atoms with van der Waals surface area (Å²) in [5, 5.41) is 11.6. The van der Waals surface area contributed by atoms with Crippen LogP contribution in [0, 0.1) is 6.92 Å². The summed E-state index contributed by atoms with van der Waals surface area (Å²) in [5.41, 5.74) is 7.71. The van der Waals surface area contributed by atoms with Crippen LogP contribution < -0.4 is 10.9 Å². The minimum atomic E-state index is -0.239. The summed E-state index contributed by atoms with van der Waals surface area (Å²) in [7, 11) is 0. The minimum absolute atomic E-state index is 0.239. The van der Waals surface area contributed by atoms with E-state index in [0.29, 0.717) is 35.6 Å². The molecule has 2 N–H and O–H groups in total. The molecule has 6 rings (SSSR count). The molecule has 0 saturated carbocycles. The number of rotatable bonds is 6. The number of anilines is 1. The third kappa shape index (κ3) is 3.94. The van der Waals surface area contributed by atoms with E-state index in [1.807, 2.05) is 54.2 Å². The fourth-order valence-corrected chi connectivity index (χ4v) is 4.06. The van der Waals surface area contributed by atoms with E-state index in [9.17, 15) is 4.79 Å². The topological polar surface area (TPSA) is 113 Å². The number of hydrazine groups is 1. The third-order valence-corrected chi connectivity index (χ3v) is 6.14. The van der Waals surface area contributed by atoms with Crippen molar-refractivity contribution >= 4 is 29.2 Å². The normalized spacial score (nSPS) is 16.8. The maximum absolute atomic E-state index is 12.9. The summed E-state index contributed by atoms with van der Waals surface area (Å²) in [6.45, 7) is 1.94. The second-order valence-electron chi connectivity index (χ2n) is 8.51. The Morgan fingerprint density at radius 3 is 3.18 bits per heavy atom. The van der Waals surface area contributed by atoms with Crippen molar-refractivity contribution in [2.45, 2.75) is 38.6 Å². The van der Waals surface area contributed by atoms with Crippen molar-refractivity contribution in [3.8, 4) is 11.4 Å². The molecule has 4 aromatic rings. The molecule has 1 aromatic carbocycles. The zero-order valence-electron chi connectivity index (χ0n) is 18.6. The van der Waals surface area contributed by atoms with Crippen LogP contribution in [0.2, 0.25) is 0 Å². The maximum Gasteiger partial charge on any atom is 0.274 e. The van der Waals surface area contributed by atoms with Crippen LogP contribution in [-0.2, 0) is 6.42 Å². The third-order valence-electron chi connectivity index (χ3n) is 6.14. The molecule has 0 aliphatic carbocycles. The van der Waals surface area contributed by atoms with Gasteiger partial charge in [0.05, 0.1) is 6.20 Å². The molecule has 1 amide bonds. The van der Waals surface area contributed by atoms with Gasteiger partial charge in [-0.15, -0.1) is 0 Å². The first-order valence-electron chi connectivity index (χ1n) is 11.3. The molecule has 10 heteroatoms. The van der Waals surface area contributed by atoms with Crippen molar-refractivity contribution in [1.29, 1.82) is 0 Å². The largest absolute Gasteiger partial charge is 0.339 e. The molecule has 0 radical (unpaired) electrons. The van der Waals surface area contributed by atoms with Crippen LogP contribution in [0.15, 0.2) is 58.4 Å². The lowest BCUT2D eigenvalue weighted by molar-refractivity contribution is -0.533. The summed E-state index contributed by atoms with van der Waals surface area (Å²) < 4.78 is 9.25. The van der Waals surface area contributed by atoms with Gasteiger partial charge in [0, 0.05) is 48.2 Å². The molecule has 170 valence electrons. The number of hydrazone groups is 2. The fraction of sp³-hybridized carbons (Fsp3) is 0.250. The molecule has 0 spiro atoms. The fourth-order valence-electron chi connectivity index (χ4n) is 4.06. The smallest absolute Gasteiger partial charge is 0.274 e. The summed E-state index contributed by atoms with van der Waals surface area (Å²) in [4.78, 5) is 21.8. The molecule has 2 aliphatic heterocycles. The molecule has 0 saturated heterocycles. The number of aryl methyl sites for hydroxylation is 2. The Labute approximate surface area is 195 Å². The second kappa shape index (κ2) is 8.22. The highest BCUT2D eigenvalue weighted by molar-refractivity contribution is 6.04. The van der Waals surface area contributed by atoms with Crippen LogP contribution in [-0.4, -0.2) is 48.1 Å². The lowest BCUT2D eigenvalue weighted by Crippen LogP contribution is -2.15. The van der Waals surface area contributed by atoms with E-state index in [1.165, 1.54) is 0 Å². The van der Waals surface area contributed by atoms with Crippen LogP contribution in [0.25, 0.3) is 17.0 Å². The molecule has 0 bridgehead atoms. The van der Waals surface area contributed by atoms with Gasteiger partial charge < -0.3 is 9.84 Å². The van der Waals surface area contributed by atoms with Gasteiger partial charge in [0.1, 0.15) is 17.6 Å². The Bertz CT molecular complexity index is 1460. The maximum atomic E-state index is 12.9. The molecule has 1 atom stereocenters. The summed E-state index contributed by atoms with van der Waals surface area (Å²) in [5.74, 6) is 0.816. The number of carbonyl (C=O) groups excluding carboxylic acids is 1. The van der Waals surface area contributed by atoms with Crippen molar-refractivity contribution < 1.29 is 14.0 Å². The van der Waals surface area contributed by atoms with E-state index in [2.05, 4.69) is 37.3 Å². The van der Waals surface area contributed by atoms with Gasteiger partial charge >= 0.3 is 0 Å². The number of fused-ring (bicyclic) bond motifs is 2. The molecule has 10 nitrogen and oxygen atoms in total. The number of nitrogens with one attached hydrogen (secondary N) is 2. The number of aromatic nitrogens is 4. The number of pyridine rings is 1. The number of amides is 1. The predicted molar refractivity (Wildman–Crippen MR) is 126 cm³/mol. The summed E-state index contributed by atoms with van der Waals surface area (Å²) in [6, 6.07) is 11.8. The van der Waals surface area contributed by atoms with Crippen molar-refractivity contribution in [2.24, 2.45) is 5.10 Å². The van der Waals surface area contributed by atoms with Crippen molar-refractivity contribution in [2.75, 3.05) is 5.32 Å². The monoisotopic (exact) mass is 455 g/mol. The number of nitrogens with zero attached hydrogens (tertiary/aromatic N) is 6. The van der Waals surface area contributed by atoms with Gasteiger partial charge in [-0.1, -0.05) is 28.9 Å². The van der Waals surface area contributed by atoms with Crippen molar-refractivity contribution in [3.63, 3.8) is 0 Å². The van der Waals surface area contributed by atoms with Gasteiger partial charge in [0.2, 0.25) is 11.7 Å². The zero-order valence-corrected chi connectivity index (χ0v) is 18.6. The van der Waals surface area contributed by atoms with Crippen molar-refractivity contribution in [3.05, 3.63) is 65.9 Å². The first kappa shape index (κ1) is 20.3. The Kier molecular flexibility index (Phi) is 4.90. The van der Waals surface area contributed by atoms with Gasteiger partial charge in [0.25, 0.3) is 5.91 Å². The van der Waals surface area contributed by atoms with Crippen LogP contribution >= 0.6 is 0 Å². The van der Waals surface area contributed by atoms with E-state index < -0.39 is 0 Å². The average molecular weight is 456 g/mol. The molecular weight excluding hydrogens is 432 g/mol. The molecule has 3 aromatic heterocycles. The molecule has 34 heavy (non-hydrogen) atoms. The van der Waals surface area contributed by atoms with E-state index in [0.717, 1.165) is 41.7 Å². The number of hydrogen-bond acceptors (Lipinski definition) is 7. The highest BCUT2D eigenvalue weighted by atomic mass is 16.5. The quantitative estimate of drug-likeness (QED) is 0.432. The first-order valence-corrected chi connectivity index (χ1v) is 11.3. The Hall–Kier alpha value is -4.34. The number of benzene rings is 1. The van der Waals surface area contributed by atoms with Gasteiger partial charge in [-0.3, -0.25) is 9.20 Å². The Morgan fingerprint density at radius 1 is 1.29 bits per heavy atom. The van der Waals surface area contributed by atoms with Crippen LogP contribution in [0.3, 0.4) is 0 Å². The molecule has 1 unspecified atom stereocenters. The van der Waals surface area contributed by atoms with E-state index in [4.69, 9.17) is 4.52 Å². The van der Waals surface area contributed by atoms with Crippen LogP contribution in [0.4, 0.5) is 5.69 Å². The Balaban J connectivity index is 1.16. The highest BCUT2D eigenvalue weighted by Gasteiger charge is 2.33. The number of carbonyl (C=O) groups is 1. The molecule has 0 fully saturated rings. The molecular formula is C24H23N8O2+. The first-order chi connectivity index (χ1) is 16.6. The predicted octanol–water partition coefficient (Wildman–Crippen LogP) is 3.00. The lowest BCUT2D eigenvalue weighted by atomic mass is 10.1. The van der Waals surface area contributed by atoms with Crippen LogP contribution in [0.1, 0.15) is 41.2 Å². The second-order valence-corrected chi connectivity index (χ2v) is 8.51. The van der Waals surface area contributed by atoms with E-state index in [-0.39, 0.29) is 5.91 Å². The van der Waals surface area contributed by atoms with Gasteiger partial charge in [0.15, 0.2) is 11.8 Å². The SMILES string of the molecule is Cc1ccc(-c2noc(CCC3=NN[N+]4=CC4CC3)n2)cc1NC(=O)c1cnc2ccccn12. The number of imidazole rings is 1. The van der Waals surface area contributed by atoms with Gasteiger partial charge in [-0.2, -0.15) is 9.67 Å². The lowest BCUT2D eigenvalue weighted by Gasteiger charge is -2.09. The van der Waals surface area contributed by atoms with Gasteiger partial charge in [-0.25, -0.2) is 4.98 Å². The Morgan fingerprint density at radius 2 is 2.24 bits per heavy atom. The van der Waals surface area contributed by atoms with Crippen LogP contribution in [0.5, 0.6) is 0 Å². The minimum Gasteiger partial charge on any atom is -0.339 e. The molecule has 2 aliphatic rings. The number of hydrogen-bond donors (Lipinski definition) is 2. The van der Waals surface area contributed by atoms with E-state index in [1.54, 1.807) is 10.6 Å². The van der Waals surface area contributed by atoms with Crippen molar-refractivity contribution in [1.82, 2.24) is 25.1 Å². The van der Waals surface area contributed by atoms with E-state index >= 15 is 0 Å². The zero-order chi connectivity index (χ0) is 23.1.